The number of nitrogens with one attached hydrogen (secondary N) is 1. The van der Waals surface area contributed by atoms with Crippen LogP contribution < -0.4 is 5.56 Å². The summed E-state index contributed by atoms with van der Waals surface area (Å²) >= 11 is 1.33. The van der Waals surface area contributed by atoms with Gasteiger partial charge in [-0.05, 0) is 23.6 Å². The first-order chi connectivity index (χ1) is 10.6. The normalized spacial score (nSPS) is 10.8. The second-order valence-corrected chi connectivity index (χ2v) is 5.74. The van der Waals surface area contributed by atoms with Gasteiger partial charge in [0.15, 0.2) is 0 Å². The maximum atomic E-state index is 12.3. The van der Waals surface area contributed by atoms with E-state index in [9.17, 15) is 14.7 Å². The number of carbonyl (C=O) groups excluding carboxylic acids is 1. The summed E-state index contributed by atoms with van der Waals surface area (Å²) in [6.07, 6.45) is 0. The van der Waals surface area contributed by atoms with E-state index in [4.69, 9.17) is 0 Å². The molecule has 3 aromatic rings. The van der Waals surface area contributed by atoms with Gasteiger partial charge in [-0.3, -0.25) is 9.59 Å². The average molecular weight is 315 g/mol. The molecule has 2 N–H and O–H groups in total. The zero-order valence-corrected chi connectivity index (χ0v) is 12.6. The molecule has 0 atom stereocenters. The van der Waals surface area contributed by atoms with Crippen molar-refractivity contribution in [2.45, 2.75) is 6.54 Å². The molecule has 0 aliphatic carbocycles. The maximum absolute atomic E-state index is 12.3. The lowest BCUT2D eigenvalue weighted by Crippen LogP contribution is -2.28. The number of carbonyl (C=O) groups is 1. The minimum absolute atomic E-state index is 0.0749. The van der Waals surface area contributed by atoms with Gasteiger partial charge in [-0.25, -0.2) is 4.98 Å². The molecule has 0 radical (unpaired) electrons. The van der Waals surface area contributed by atoms with E-state index in [2.05, 4.69) is 9.97 Å². The van der Waals surface area contributed by atoms with E-state index < -0.39 is 0 Å². The van der Waals surface area contributed by atoms with Crippen LogP contribution in [0.1, 0.15) is 16.2 Å². The third-order valence-corrected chi connectivity index (χ3v) is 4.13. The molecule has 3 rings (SSSR count). The third kappa shape index (κ3) is 2.58. The van der Waals surface area contributed by atoms with Crippen LogP contribution in [-0.4, -0.2) is 32.9 Å². The van der Waals surface area contributed by atoms with Gasteiger partial charge < -0.3 is 15.0 Å². The summed E-state index contributed by atoms with van der Waals surface area (Å²) in [5.74, 6) is -0.0116. The van der Waals surface area contributed by atoms with Crippen molar-refractivity contribution in [3.8, 4) is 5.75 Å². The Hall–Kier alpha value is -2.67. The summed E-state index contributed by atoms with van der Waals surface area (Å²) in [4.78, 5) is 32.6. The van der Waals surface area contributed by atoms with Gasteiger partial charge in [0.1, 0.15) is 16.3 Å². The van der Waals surface area contributed by atoms with Gasteiger partial charge in [-0.2, -0.15) is 0 Å². The molecule has 0 aliphatic rings. The highest BCUT2D eigenvalue weighted by atomic mass is 32.1. The minimum atomic E-state index is -0.342. The number of fused-ring (bicyclic) bond motifs is 1. The summed E-state index contributed by atoms with van der Waals surface area (Å²) < 4.78 is 0.568. The molecule has 0 bridgehead atoms. The lowest BCUT2D eigenvalue weighted by molar-refractivity contribution is 0.0778. The number of rotatable bonds is 3. The number of benzene rings is 1. The number of phenols is 1. The summed E-state index contributed by atoms with van der Waals surface area (Å²) in [5, 5.41) is 11.5. The van der Waals surface area contributed by atoms with Gasteiger partial charge in [0.2, 0.25) is 0 Å². The van der Waals surface area contributed by atoms with Gasteiger partial charge in [0, 0.05) is 7.05 Å². The standard InChI is InChI=1S/C15H13N3O3S/c1-18(15(21)9-4-2-3-5-11(9)19)8-12-16-10-6-7-22-13(10)14(20)17-12/h2-7,19H,8H2,1H3,(H,16,17,20). The Morgan fingerprint density at radius 2 is 2.14 bits per heavy atom. The predicted molar refractivity (Wildman–Crippen MR) is 84.1 cm³/mol. The van der Waals surface area contributed by atoms with Crippen molar-refractivity contribution in [1.82, 2.24) is 14.9 Å². The fourth-order valence-corrected chi connectivity index (χ4v) is 2.88. The molecule has 2 aromatic heterocycles. The van der Waals surface area contributed by atoms with Crippen LogP contribution in [0.2, 0.25) is 0 Å². The second kappa shape index (κ2) is 5.61. The van der Waals surface area contributed by atoms with E-state index in [1.54, 1.807) is 36.7 Å². The average Bonchev–Trinajstić information content (AvgIpc) is 2.96. The summed E-state index contributed by atoms with van der Waals surface area (Å²) in [6, 6.07) is 8.10. The molecule has 0 unspecified atom stereocenters. The number of hydrogen-bond donors (Lipinski definition) is 2. The SMILES string of the molecule is CN(Cc1nc2ccsc2c(=O)[nH]1)C(=O)c1ccccc1O. The number of aromatic nitrogens is 2. The van der Waals surface area contributed by atoms with Crippen LogP contribution in [0.3, 0.4) is 0 Å². The Morgan fingerprint density at radius 1 is 1.36 bits per heavy atom. The topological polar surface area (TPSA) is 86.3 Å². The van der Waals surface area contributed by atoms with Crippen LogP contribution in [0.4, 0.5) is 0 Å². The zero-order valence-electron chi connectivity index (χ0n) is 11.7. The Labute approximate surface area is 129 Å². The molecule has 0 spiro atoms. The van der Waals surface area contributed by atoms with Crippen molar-refractivity contribution in [3.63, 3.8) is 0 Å². The van der Waals surface area contributed by atoms with Crippen LogP contribution >= 0.6 is 11.3 Å². The van der Waals surface area contributed by atoms with Crippen LogP contribution in [0.15, 0.2) is 40.5 Å². The van der Waals surface area contributed by atoms with Gasteiger partial charge in [0.25, 0.3) is 11.5 Å². The Bertz CT molecular complexity index is 900. The van der Waals surface area contributed by atoms with E-state index >= 15 is 0 Å². The van der Waals surface area contributed by atoms with Crippen molar-refractivity contribution in [2.75, 3.05) is 7.05 Å². The van der Waals surface area contributed by atoms with Gasteiger partial charge in [-0.1, -0.05) is 12.1 Å². The zero-order chi connectivity index (χ0) is 15.7. The molecule has 22 heavy (non-hydrogen) atoms. The van der Waals surface area contributed by atoms with Crippen LogP contribution in [0.5, 0.6) is 5.75 Å². The minimum Gasteiger partial charge on any atom is -0.507 e. The van der Waals surface area contributed by atoms with Gasteiger partial charge in [0.05, 0.1) is 17.6 Å². The molecular formula is C15H13N3O3S. The molecule has 0 fully saturated rings. The van der Waals surface area contributed by atoms with Crippen LogP contribution in [-0.2, 0) is 6.54 Å². The second-order valence-electron chi connectivity index (χ2n) is 4.83. The van der Waals surface area contributed by atoms with E-state index in [0.717, 1.165) is 0 Å². The number of para-hydroxylation sites is 1. The van der Waals surface area contributed by atoms with Crippen LogP contribution in [0, 0.1) is 0 Å². The molecule has 1 aromatic carbocycles. The number of thiophene rings is 1. The lowest BCUT2D eigenvalue weighted by atomic mass is 10.2. The number of amides is 1. The first-order valence-corrected chi connectivity index (χ1v) is 7.44. The quantitative estimate of drug-likeness (QED) is 0.773. The number of aromatic amines is 1. The molecule has 112 valence electrons. The maximum Gasteiger partial charge on any atom is 0.268 e. The Kier molecular flexibility index (Phi) is 3.64. The number of phenolic OH excluding ortho intramolecular Hbond substituents is 1. The highest BCUT2D eigenvalue weighted by Crippen LogP contribution is 2.18. The molecule has 0 aliphatic heterocycles. The number of hydrogen-bond acceptors (Lipinski definition) is 5. The van der Waals surface area contributed by atoms with Crippen molar-refractivity contribution in [2.24, 2.45) is 0 Å². The molecule has 0 saturated heterocycles. The van der Waals surface area contributed by atoms with Gasteiger partial charge in [-0.15, -0.1) is 11.3 Å². The highest BCUT2D eigenvalue weighted by molar-refractivity contribution is 7.17. The van der Waals surface area contributed by atoms with Gasteiger partial charge >= 0.3 is 0 Å². The fourth-order valence-electron chi connectivity index (χ4n) is 2.15. The summed E-state index contributed by atoms with van der Waals surface area (Å²) in [7, 11) is 1.59. The number of nitrogens with zero attached hydrogens (tertiary/aromatic N) is 2. The largest absolute Gasteiger partial charge is 0.507 e. The smallest absolute Gasteiger partial charge is 0.268 e. The third-order valence-electron chi connectivity index (χ3n) is 3.23. The van der Waals surface area contributed by atoms with Crippen LogP contribution in [0.25, 0.3) is 10.2 Å². The van der Waals surface area contributed by atoms with E-state index in [-0.39, 0.29) is 29.3 Å². The number of aromatic hydroxyl groups is 1. The van der Waals surface area contributed by atoms with E-state index in [1.807, 2.05) is 0 Å². The van der Waals surface area contributed by atoms with Crippen molar-refractivity contribution >= 4 is 27.5 Å². The molecule has 2 heterocycles. The molecular weight excluding hydrogens is 302 g/mol. The monoisotopic (exact) mass is 315 g/mol. The first kappa shape index (κ1) is 14.3. The Morgan fingerprint density at radius 3 is 2.91 bits per heavy atom. The molecule has 0 saturated carbocycles. The molecule has 7 heteroatoms. The Balaban J connectivity index is 1.86. The molecule has 6 nitrogen and oxygen atoms in total. The lowest BCUT2D eigenvalue weighted by Gasteiger charge is -2.17. The predicted octanol–water partition coefficient (Wildman–Crippen LogP) is 1.96. The van der Waals surface area contributed by atoms with E-state index in [1.165, 1.54) is 22.3 Å². The highest BCUT2D eigenvalue weighted by Gasteiger charge is 2.16. The summed E-state index contributed by atoms with van der Waals surface area (Å²) in [5.41, 5.74) is 0.620. The summed E-state index contributed by atoms with van der Waals surface area (Å²) in [6.45, 7) is 0.147. The van der Waals surface area contributed by atoms with Crippen molar-refractivity contribution < 1.29 is 9.90 Å². The van der Waals surface area contributed by atoms with E-state index in [0.29, 0.717) is 16.0 Å². The fraction of sp³-hybridized carbons (Fsp3) is 0.133. The molecule has 1 amide bonds. The van der Waals surface area contributed by atoms with Crippen molar-refractivity contribution in [3.05, 3.63) is 57.5 Å². The first-order valence-electron chi connectivity index (χ1n) is 6.56. The number of H-pyrrole nitrogens is 1. The van der Waals surface area contributed by atoms with Crippen molar-refractivity contribution in [1.29, 1.82) is 0 Å².